The van der Waals surface area contributed by atoms with Crippen LogP contribution in [0.5, 0.6) is 0 Å². The van der Waals surface area contributed by atoms with E-state index in [9.17, 15) is 8.42 Å². The lowest BCUT2D eigenvalue weighted by molar-refractivity contribution is 0.129. The maximum atomic E-state index is 12.5. The number of H-pyrrole nitrogens is 1. The molecule has 0 saturated carbocycles. The summed E-state index contributed by atoms with van der Waals surface area (Å²) in [4.78, 5) is 9.13. The quantitative estimate of drug-likeness (QED) is 0.779. The molecule has 2 heterocycles. The first-order valence-electron chi connectivity index (χ1n) is 7.45. The number of nitrogens with one attached hydrogen (secondary N) is 1. The summed E-state index contributed by atoms with van der Waals surface area (Å²) < 4.78 is 26.5. The number of sulfonamides is 1. The second-order valence-corrected chi connectivity index (χ2v) is 7.32. The van der Waals surface area contributed by atoms with Gasteiger partial charge in [-0.15, -0.1) is 0 Å². The Morgan fingerprint density at radius 2 is 2.05 bits per heavy atom. The highest BCUT2D eigenvalue weighted by atomic mass is 32.2. The van der Waals surface area contributed by atoms with E-state index in [0.717, 1.165) is 25.9 Å². The molecule has 0 amide bonds. The molecule has 1 aromatic rings. The SMILES string of the molecule is CCC(CCN)N1CCN(S(=O)(=O)c2cnc(C)[nH]2)CC1. The molecule has 1 fully saturated rings. The van der Waals surface area contributed by atoms with Gasteiger partial charge < -0.3 is 10.7 Å². The van der Waals surface area contributed by atoms with E-state index < -0.39 is 10.0 Å². The lowest BCUT2D eigenvalue weighted by Crippen LogP contribution is -2.52. The molecule has 8 heteroatoms. The van der Waals surface area contributed by atoms with Crippen LogP contribution in [0.3, 0.4) is 0 Å². The summed E-state index contributed by atoms with van der Waals surface area (Å²) in [6, 6.07) is 0.453. The van der Waals surface area contributed by atoms with E-state index >= 15 is 0 Å². The van der Waals surface area contributed by atoms with Gasteiger partial charge in [0.05, 0.1) is 6.20 Å². The molecule has 1 unspecified atom stereocenters. The second kappa shape index (κ2) is 6.87. The first kappa shape index (κ1) is 16.4. The molecule has 7 nitrogen and oxygen atoms in total. The van der Waals surface area contributed by atoms with Crippen LogP contribution in [0.1, 0.15) is 25.6 Å². The summed E-state index contributed by atoms with van der Waals surface area (Å²) in [5.74, 6) is 0.612. The van der Waals surface area contributed by atoms with Crippen molar-refractivity contribution in [1.82, 2.24) is 19.2 Å². The average Bonchev–Trinajstić information content (AvgIpc) is 2.92. The van der Waals surface area contributed by atoms with Crippen molar-refractivity contribution in [3.05, 3.63) is 12.0 Å². The number of aromatic amines is 1. The average molecular weight is 315 g/mol. The Morgan fingerprint density at radius 1 is 1.38 bits per heavy atom. The summed E-state index contributed by atoms with van der Waals surface area (Å²) in [6.45, 7) is 7.11. The first-order chi connectivity index (χ1) is 9.98. The first-order valence-corrected chi connectivity index (χ1v) is 8.89. The summed E-state index contributed by atoms with van der Waals surface area (Å²) in [5, 5.41) is 0.183. The van der Waals surface area contributed by atoms with E-state index in [-0.39, 0.29) is 5.03 Å². The lowest BCUT2D eigenvalue weighted by atomic mass is 10.1. The van der Waals surface area contributed by atoms with Gasteiger partial charge in [0, 0.05) is 32.2 Å². The number of hydrogen-bond acceptors (Lipinski definition) is 5. The Hall–Kier alpha value is -0.960. The fourth-order valence-corrected chi connectivity index (χ4v) is 4.20. The van der Waals surface area contributed by atoms with Crippen molar-refractivity contribution in [2.24, 2.45) is 5.73 Å². The molecule has 2 rings (SSSR count). The van der Waals surface area contributed by atoms with Crippen LogP contribution in [0.25, 0.3) is 0 Å². The van der Waals surface area contributed by atoms with Gasteiger partial charge in [-0.25, -0.2) is 13.4 Å². The van der Waals surface area contributed by atoms with Gasteiger partial charge in [-0.1, -0.05) is 6.92 Å². The minimum Gasteiger partial charge on any atom is -0.332 e. The van der Waals surface area contributed by atoms with E-state index in [4.69, 9.17) is 5.73 Å². The number of rotatable bonds is 6. The molecular formula is C13H25N5O2S. The lowest BCUT2D eigenvalue weighted by Gasteiger charge is -2.38. The van der Waals surface area contributed by atoms with Crippen LogP contribution in [0.15, 0.2) is 11.2 Å². The monoisotopic (exact) mass is 315 g/mol. The van der Waals surface area contributed by atoms with Crippen molar-refractivity contribution < 1.29 is 8.42 Å². The minimum absolute atomic E-state index is 0.183. The molecule has 0 aliphatic carbocycles. The molecular weight excluding hydrogens is 290 g/mol. The Bertz CT molecular complexity index is 549. The largest absolute Gasteiger partial charge is 0.332 e. The predicted octanol–water partition coefficient (Wildman–Crippen LogP) is 0.152. The highest BCUT2D eigenvalue weighted by Gasteiger charge is 2.31. The molecule has 120 valence electrons. The van der Waals surface area contributed by atoms with Gasteiger partial charge in [-0.05, 0) is 26.3 Å². The van der Waals surface area contributed by atoms with Crippen LogP contribution in [-0.4, -0.2) is 66.4 Å². The number of hydrogen-bond donors (Lipinski definition) is 2. The zero-order valence-corrected chi connectivity index (χ0v) is 13.6. The van der Waals surface area contributed by atoms with Gasteiger partial charge in [0.1, 0.15) is 5.82 Å². The van der Waals surface area contributed by atoms with Crippen LogP contribution < -0.4 is 5.73 Å². The van der Waals surface area contributed by atoms with E-state index in [0.29, 0.717) is 31.5 Å². The van der Waals surface area contributed by atoms with Gasteiger partial charge in [-0.2, -0.15) is 4.31 Å². The van der Waals surface area contributed by atoms with Gasteiger partial charge in [0.2, 0.25) is 0 Å². The fourth-order valence-electron chi connectivity index (χ4n) is 2.81. The summed E-state index contributed by atoms with van der Waals surface area (Å²) in [5.41, 5.74) is 5.64. The molecule has 1 aliphatic rings. The highest BCUT2D eigenvalue weighted by Crippen LogP contribution is 2.18. The van der Waals surface area contributed by atoms with Crippen molar-refractivity contribution in [3.63, 3.8) is 0 Å². The van der Waals surface area contributed by atoms with Crippen LogP contribution in [0.2, 0.25) is 0 Å². The Kier molecular flexibility index (Phi) is 5.37. The number of imidazole rings is 1. The standard InChI is InChI=1S/C13H25N5O2S/c1-3-12(4-5-14)17-6-8-18(9-7-17)21(19,20)13-10-15-11(2)16-13/h10,12H,3-9,14H2,1-2H3,(H,15,16). The third-order valence-corrected chi connectivity index (χ3v) is 5.87. The van der Waals surface area contributed by atoms with Crippen molar-refractivity contribution in [2.75, 3.05) is 32.7 Å². The second-order valence-electron chi connectivity index (χ2n) is 5.41. The molecule has 1 aromatic heterocycles. The summed E-state index contributed by atoms with van der Waals surface area (Å²) in [7, 11) is -3.45. The number of nitrogens with two attached hydrogens (primary N) is 1. The van der Waals surface area contributed by atoms with Crippen molar-refractivity contribution in [2.45, 2.75) is 37.8 Å². The molecule has 3 N–H and O–H groups in total. The Labute approximate surface area is 126 Å². The molecule has 21 heavy (non-hydrogen) atoms. The van der Waals surface area contributed by atoms with Gasteiger partial charge in [0.15, 0.2) is 5.03 Å². The number of aromatic nitrogens is 2. The van der Waals surface area contributed by atoms with Crippen LogP contribution in [0.4, 0.5) is 0 Å². The zero-order valence-electron chi connectivity index (χ0n) is 12.7. The highest BCUT2D eigenvalue weighted by molar-refractivity contribution is 7.89. The minimum atomic E-state index is -3.45. The van der Waals surface area contributed by atoms with Gasteiger partial charge >= 0.3 is 0 Å². The molecule has 0 bridgehead atoms. The van der Waals surface area contributed by atoms with E-state index in [1.165, 1.54) is 10.5 Å². The Morgan fingerprint density at radius 3 is 2.52 bits per heavy atom. The third-order valence-electron chi connectivity index (χ3n) is 4.06. The summed E-state index contributed by atoms with van der Waals surface area (Å²) in [6.07, 6.45) is 3.40. The van der Waals surface area contributed by atoms with E-state index in [2.05, 4.69) is 21.8 Å². The molecule has 1 saturated heterocycles. The molecule has 0 aromatic carbocycles. The van der Waals surface area contributed by atoms with Crippen LogP contribution >= 0.6 is 0 Å². The smallest absolute Gasteiger partial charge is 0.260 e. The molecule has 1 aliphatic heterocycles. The molecule has 0 radical (unpaired) electrons. The van der Waals surface area contributed by atoms with Gasteiger partial charge in [0.25, 0.3) is 10.0 Å². The maximum Gasteiger partial charge on any atom is 0.260 e. The van der Waals surface area contributed by atoms with Crippen LogP contribution in [-0.2, 0) is 10.0 Å². The molecule has 1 atom stereocenters. The zero-order chi connectivity index (χ0) is 15.5. The molecule has 0 spiro atoms. The topological polar surface area (TPSA) is 95.3 Å². The number of piperazine rings is 1. The Balaban J connectivity index is 2.00. The maximum absolute atomic E-state index is 12.5. The fraction of sp³-hybridized carbons (Fsp3) is 0.769. The van der Waals surface area contributed by atoms with E-state index in [1.54, 1.807) is 6.92 Å². The number of aryl methyl sites for hydroxylation is 1. The normalized spacial score (nSPS) is 19.8. The predicted molar refractivity (Wildman–Crippen MR) is 81.4 cm³/mol. The van der Waals surface area contributed by atoms with Crippen molar-refractivity contribution >= 4 is 10.0 Å². The van der Waals surface area contributed by atoms with Crippen molar-refractivity contribution in [3.8, 4) is 0 Å². The number of nitrogens with zero attached hydrogens (tertiary/aromatic N) is 3. The third kappa shape index (κ3) is 3.63. The van der Waals surface area contributed by atoms with Gasteiger partial charge in [-0.3, -0.25) is 4.90 Å². The van der Waals surface area contributed by atoms with E-state index in [1.807, 2.05) is 0 Å². The van der Waals surface area contributed by atoms with Crippen molar-refractivity contribution in [1.29, 1.82) is 0 Å². The summed E-state index contributed by atoms with van der Waals surface area (Å²) >= 11 is 0. The van der Waals surface area contributed by atoms with Crippen LogP contribution in [0, 0.1) is 6.92 Å².